The van der Waals surface area contributed by atoms with Gasteiger partial charge in [0, 0.05) is 11.7 Å². The highest BCUT2D eigenvalue weighted by Crippen LogP contribution is 2.39. The fourth-order valence-corrected chi connectivity index (χ4v) is 2.65. The number of hydrogen-bond donors (Lipinski definition) is 0. The van der Waals surface area contributed by atoms with E-state index in [1.807, 2.05) is 0 Å². The minimum Gasteiger partial charge on any atom is -0.295 e. The van der Waals surface area contributed by atoms with E-state index in [1.54, 1.807) is 43.4 Å². The van der Waals surface area contributed by atoms with Gasteiger partial charge in [0.15, 0.2) is 15.6 Å². The SMILES string of the molecule is CC(C)(C)C(=O)[C@@](Br)(I)S(C)(=O)=O. The Morgan fingerprint density at radius 3 is 1.69 bits per heavy atom. The summed E-state index contributed by atoms with van der Waals surface area (Å²) in [5.74, 6) is -0.344. The number of halogens is 2. The Balaban J connectivity index is 5.23. The Kier molecular flexibility index (Phi) is 4.01. The quantitative estimate of drug-likeness (QED) is 0.543. The Hall–Kier alpha value is 0.830. The second-order valence-electron chi connectivity index (χ2n) is 3.87. The van der Waals surface area contributed by atoms with Crippen molar-refractivity contribution in [1.82, 2.24) is 0 Å². The van der Waals surface area contributed by atoms with E-state index in [9.17, 15) is 13.2 Å². The van der Waals surface area contributed by atoms with Crippen molar-refractivity contribution in [3.63, 3.8) is 0 Å². The molecule has 0 radical (unpaired) electrons. The summed E-state index contributed by atoms with van der Waals surface area (Å²) < 4.78 is 21.0. The molecule has 0 fully saturated rings. The first-order chi connectivity index (χ1) is 5.40. The molecule has 78 valence electrons. The summed E-state index contributed by atoms with van der Waals surface area (Å²) in [5.41, 5.74) is -0.673. The summed E-state index contributed by atoms with van der Waals surface area (Å²) >= 11 is 4.57. The topological polar surface area (TPSA) is 51.2 Å². The molecule has 0 aromatic carbocycles. The highest BCUT2D eigenvalue weighted by molar-refractivity contribution is 14.1. The molecular weight excluding hydrogens is 371 g/mol. The molecular formula is C7H12BrIO3S. The Morgan fingerprint density at radius 1 is 1.31 bits per heavy atom. The van der Waals surface area contributed by atoms with Crippen molar-refractivity contribution in [2.75, 3.05) is 6.26 Å². The molecule has 0 aliphatic heterocycles. The predicted molar refractivity (Wildman–Crippen MR) is 65.0 cm³/mol. The number of alkyl halides is 2. The van der Waals surface area contributed by atoms with E-state index < -0.39 is 16.9 Å². The van der Waals surface area contributed by atoms with E-state index in [-0.39, 0.29) is 5.78 Å². The van der Waals surface area contributed by atoms with E-state index in [0.29, 0.717) is 0 Å². The van der Waals surface area contributed by atoms with Gasteiger partial charge < -0.3 is 0 Å². The summed E-state index contributed by atoms with van der Waals surface area (Å²) in [6.07, 6.45) is 1.04. The van der Waals surface area contributed by atoms with Crippen molar-refractivity contribution in [3.05, 3.63) is 0 Å². The van der Waals surface area contributed by atoms with Crippen molar-refractivity contribution in [1.29, 1.82) is 0 Å². The molecule has 0 saturated heterocycles. The van der Waals surface area contributed by atoms with Gasteiger partial charge in [0.2, 0.25) is 1.66 Å². The van der Waals surface area contributed by atoms with E-state index in [1.165, 1.54) is 0 Å². The lowest BCUT2D eigenvalue weighted by Gasteiger charge is -2.25. The maximum absolute atomic E-state index is 11.7. The molecule has 6 heteroatoms. The molecule has 0 N–H and O–H groups in total. The first-order valence-electron chi connectivity index (χ1n) is 3.53. The molecule has 0 spiro atoms. The van der Waals surface area contributed by atoms with Crippen LogP contribution in [0.3, 0.4) is 0 Å². The minimum atomic E-state index is -3.43. The van der Waals surface area contributed by atoms with Crippen LogP contribution in [0, 0.1) is 5.41 Å². The Bertz CT molecular complexity index is 313. The number of ketones is 1. The van der Waals surface area contributed by atoms with Crippen molar-refractivity contribution in [3.8, 4) is 0 Å². The molecule has 0 aliphatic rings. The average Bonchev–Trinajstić information content (AvgIpc) is 1.81. The van der Waals surface area contributed by atoms with Gasteiger partial charge in [-0.05, 0) is 38.5 Å². The summed E-state index contributed by atoms with van der Waals surface area (Å²) in [4.78, 5) is 11.7. The first-order valence-corrected chi connectivity index (χ1v) is 7.29. The van der Waals surface area contributed by atoms with Gasteiger partial charge in [0.05, 0.1) is 0 Å². The largest absolute Gasteiger partial charge is 0.295 e. The zero-order valence-electron chi connectivity index (χ0n) is 7.89. The lowest BCUT2D eigenvalue weighted by Crippen LogP contribution is -2.41. The van der Waals surface area contributed by atoms with Crippen LogP contribution in [0.1, 0.15) is 20.8 Å². The molecule has 13 heavy (non-hydrogen) atoms. The van der Waals surface area contributed by atoms with Crippen molar-refractivity contribution >= 4 is 54.1 Å². The monoisotopic (exact) mass is 382 g/mol. The number of carbonyl (C=O) groups is 1. The van der Waals surface area contributed by atoms with Crippen LogP contribution in [0.15, 0.2) is 0 Å². The Labute approximate surface area is 101 Å². The molecule has 0 rings (SSSR count). The second kappa shape index (κ2) is 3.77. The zero-order valence-corrected chi connectivity index (χ0v) is 12.4. The molecule has 0 saturated carbocycles. The van der Waals surface area contributed by atoms with Gasteiger partial charge >= 0.3 is 0 Å². The molecule has 0 heterocycles. The van der Waals surface area contributed by atoms with Gasteiger partial charge in [-0.2, -0.15) is 0 Å². The standard InChI is InChI=1S/C7H12BrIO3S/c1-6(2,3)5(10)7(8,9)13(4,11)12/h1-4H3/t7-/m1/s1. The predicted octanol–water partition coefficient (Wildman–Crippen LogP) is 2.13. The van der Waals surface area contributed by atoms with Crippen molar-refractivity contribution in [2.24, 2.45) is 5.41 Å². The van der Waals surface area contributed by atoms with Crippen LogP contribution in [-0.4, -0.2) is 22.1 Å². The van der Waals surface area contributed by atoms with Crippen LogP contribution in [0.2, 0.25) is 0 Å². The van der Waals surface area contributed by atoms with E-state index in [4.69, 9.17) is 0 Å². The maximum Gasteiger partial charge on any atom is 0.234 e. The van der Waals surface area contributed by atoms with Crippen LogP contribution in [0.25, 0.3) is 0 Å². The number of hydrogen-bond acceptors (Lipinski definition) is 3. The van der Waals surface area contributed by atoms with E-state index in [0.717, 1.165) is 6.26 Å². The second-order valence-corrected chi connectivity index (χ2v) is 11.6. The van der Waals surface area contributed by atoms with Gasteiger partial charge in [0.25, 0.3) is 0 Å². The van der Waals surface area contributed by atoms with Gasteiger partial charge in [0.1, 0.15) is 0 Å². The smallest absolute Gasteiger partial charge is 0.234 e. The highest BCUT2D eigenvalue weighted by atomic mass is 127. The van der Waals surface area contributed by atoms with E-state index >= 15 is 0 Å². The summed E-state index contributed by atoms with van der Waals surface area (Å²) in [6, 6.07) is 0. The maximum atomic E-state index is 11.7. The normalized spacial score (nSPS) is 18.0. The van der Waals surface area contributed by atoms with Crippen LogP contribution >= 0.6 is 38.5 Å². The number of Topliss-reactive ketones (excluding diaryl/α,β-unsaturated/α-hetero) is 1. The molecule has 0 bridgehead atoms. The summed E-state index contributed by atoms with van der Waals surface area (Å²) in [7, 11) is -3.43. The van der Waals surface area contributed by atoms with Crippen LogP contribution in [0.4, 0.5) is 0 Å². The molecule has 0 unspecified atom stereocenters. The third-order valence-corrected chi connectivity index (χ3v) is 7.54. The number of rotatable bonds is 2. The van der Waals surface area contributed by atoms with Crippen molar-refractivity contribution in [2.45, 2.75) is 22.4 Å². The molecule has 1 atom stereocenters. The molecule has 0 aromatic heterocycles. The van der Waals surface area contributed by atoms with Crippen LogP contribution < -0.4 is 0 Å². The molecule has 0 amide bonds. The molecule has 0 aliphatic carbocycles. The Morgan fingerprint density at radius 2 is 1.62 bits per heavy atom. The van der Waals surface area contributed by atoms with Crippen LogP contribution in [-0.2, 0) is 14.6 Å². The fraction of sp³-hybridized carbons (Fsp3) is 0.857. The highest BCUT2D eigenvalue weighted by Gasteiger charge is 2.47. The van der Waals surface area contributed by atoms with Crippen molar-refractivity contribution < 1.29 is 13.2 Å². The number of sulfone groups is 1. The average molecular weight is 383 g/mol. The van der Waals surface area contributed by atoms with Gasteiger partial charge in [-0.1, -0.05) is 20.8 Å². The number of carbonyl (C=O) groups excluding carboxylic acids is 1. The lowest BCUT2D eigenvalue weighted by molar-refractivity contribution is -0.124. The summed E-state index contributed by atoms with van der Waals surface area (Å²) in [5, 5.41) is 0. The minimum absolute atomic E-state index is 0.344. The lowest BCUT2D eigenvalue weighted by atomic mass is 9.92. The fourth-order valence-electron chi connectivity index (χ4n) is 0.605. The first kappa shape index (κ1) is 13.8. The van der Waals surface area contributed by atoms with E-state index in [2.05, 4.69) is 15.9 Å². The van der Waals surface area contributed by atoms with Gasteiger partial charge in [-0.25, -0.2) is 8.42 Å². The van der Waals surface area contributed by atoms with Gasteiger partial charge in [-0.3, -0.25) is 4.79 Å². The van der Waals surface area contributed by atoms with Crippen LogP contribution in [0.5, 0.6) is 0 Å². The third-order valence-electron chi connectivity index (χ3n) is 1.41. The molecule has 0 aromatic rings. The molecule has 3 nitrogen and oxygen atoms in total. The summed E-state index contributed by atoms with van der Waals surface area (Å²) in [6.45, 7) is 5.07. The van der Waals surface area contributed by atoms with Gasteiger partial charge in [-0.15, -0.1) is 0 Å². The zero-order chi connectivity index (χ0) is 11.1. The third kappa shape index (κ3) is 3.16.